The average Bonchev–Trinajstić information content (AvgIpc) is 2.29. The van der Waals surface area contributed by atoms with E-state index in [0.717, 1.165) is 5.56 Å². The lowest BCUT2D eigenvalue weighted by molar-refractivity contribution is -0.119. The number of methoxy groups -OCH3 is 1. The monoisotopic (exact) mass is 222 g/mol. The third-order valence-electron chi connectivity index (χ3n) is 2.10. The molecule has 2 amide bonds. The van der Waals surface area contributed by atoms with Gasteiger partial charge in [-0.1, -0.05) is 30.3 Å². The van der Waals surface area contributed by atoms with E-state index in [1.54, 1.807) is 0 Å². The minimum Gasteiger partial charge on any atom is -0.453 e. The Morgan fingerprint density at radius 3 is 2.50 bits per heavy atom. The first kappa shape index (κ1) is 12.0. The summed E-state index contributed by atoms with van der Waals surface area (Å²) in [5.41, 5.74) is 6.10. The maximum Gasteiger partial charge on any atom is 0.407 e. The van der Waals surface area contributed by atoms with Crippen molar-refractivity contribution in [2.45, 2.75) is 12.5 Å². The predicted octanol–water partition coefficient (Wildman–Crippen LogP) is 0.439. The van der Waals surface area contributed by atoms with Crippen molar-refractivity contribution in [3.63, 3.8) is 0 Å². The van der Waals surface area contributed by atoms with E-state index in [2.05, 4.69) is 10.1 Å². The maximum atomic E-state index is 11.1. The molecule has 3 N–H and O–H groups in total. The molecule has 0 aliphatic carbocycles. The molecule has 0 unspecified atom stereocenters. The minimum atomic E-state index is -0.755. The number of amides is 2. The lowest BCUT2D eigenvalue weighted by Crippen LogP contribution is -2.45. The molecular formula is C11H14N2O3. The van der Waals surface area contributed by atoms with Crippen molar-refractivity contribution < 1.29 is 14.3 Å². The molecule has 1 atom stereocenters. The van der Waals surface area contributed by atoms with Gasteiger partial charge in [0.2, 0.25) is 5.91 Å². The van der Waals surface area contributed by atoms with Crippen molar-refractivity contribution in [2.75, 3.05) is 7.11 Å². The molecule has 0 saturated heterocycles. The van der Waals surface area contributed by atoms with E-state index in [1.165, 1.54) is 7.11 Å². The summed E-state index contributed by atoms with van der Waals surface area (Å²) >= 11 is 0. The van der Waals surface area contributed by atoms with Crippen LogP contribution in [-0.4, -0.2) is 25.2 Å². The summed E-state index contributed by atoms with van der Waals surface area (Å²) in [6, 6.07) is 8.53. The van der Waals surface area contributed by atoms with Gasteiger partial charge in [0.05, 0.1) is 7.11 Å². The van der Waals surface area contributed by atoms with Crippen LogP contribution in [0, 0.1) is 0 Å². The first-order valence-corrected chi connectivity index (χ1v) is 4.81. The molecule has 0 radical (unpaired) electrons. The Morgan fingerprint density at radius 1 is 1.38 bits per heavy atom. The van der Waals surface area contributed by atoms with Gasteiger partial charge in [-0.15, -0.1) is 0 Å². The van der Waals surface area contributed by atoms with E-state index in [9.17, 15) is 9.59 Å². The minimum absolute atomic E-state index is 0.352. The zero-order chi connectivity index (χ0) is 12.0. The second-order valence-electron chi connectivity index (χ2n) is 3.28. The molecule has 0 heterocycles. The average molecular weight is 222 g/mol. The van der Waals surface area contributed by atoms with Gasteiger partial charge in [0.25, 0.3) is 0 Å². The van der Waals surface area contributed by atoms with E-state index in [-0.39, 0.29) is 0 Å². The maximum absolute atomic E-state index is 11.1. The molecule has 0 aliphatic heterocycles. The van der Waals surface area contributed by atoms with Gasteiger partial charge in [-0.05, 0) is 5.56 Å². The number of alkyl carbamates (subject to hydrolysis) is 1. The van der Waals surface area contributed by atoms with Crippen LogP contribution in [0.1, 0.15) is 5.56 Å². The van der Waals surface area contributed by atoms with Crippen molar-refractivity contribution >= 4 is 12.0 Å². The molecule has 0 spiro atoms. The first-order chi connectivity index (χ1) is 7.63. The Morgan fingerprint density at radius 2 is 2.00 bits per heavy atom. The van der Waals surface area contributed by atoms with Crippen LogP contribution in [0.25, 0.3) is 0 Å². The first-order valence-electron chi connectivity index (χ1n) is 4.81. The van der Waals surface area contributed by atoms with Gasteiger partial charge < -0.3 is 15.8 Å². The summed E-state index contributed by atoms with van der Waals surface area (Å²) in [5, 5.41) is 2.38. The van der Waals surface area contributed by atoms with Crippen LogP contribution in [0.3, 0.4) is 0 Å². The largest absolute Gasteiger partial charge is 0.453 e. The molecule has 1 rings (SSSR count). The normalized spacial score (nSPS) is 11.6. The second-order valence-corrected chi connectivity index (χ2v) is 3.28. The fourth-order valence-corrected chi connectivity index (χ4v) is 1.27. The lowest BCUT2D eigenvalue weighted by Gasteiger charge is -2.14. The molecule has 0 aromatic heterocycles. The number of hydrogen-bond acceptors (Lipinski definition) is 3. The predicted molar refractivity (Wildman–Crippen MR) is 58.7 cm³/mol. The Balaban J connectivity index is 2.65. The Hall–Kier alpha value is -2.04. The topological polar surface area (TPSA) is 81.4 Å². The Labute approximate surface area is 93.6 Å². The lowest BCUT2D eigenvalue weighted by atomic mass is 10.1. The van der Waals surface area contributed by atoms with Gasteiger partial charge in [0.15, 0.2) is 0 Å². The van der Waals surface area contributed by atoms with E-state index in [0.29, 0.717) is 6.42 Å². The quantitative estimate of drug-likeness (QED) is 0.775. The summed E-state index contributed by atoms with van der Waals surface area (Å²) in [6.07, 6.45) is -0.314. The summed E-state index contributed by atoms with van der Waals surface area (Å²) in [7, 11) is 1.23. The molecule has 16 heavy (non-hydrogen) atoms. The smallest absolute Gasteiger partial charge is 0.407 e. The van der Waals surface area contributed by atoms with E-state index in [1.807, 2.05) is 30.3 Å². The number of carbonyl (C=O) groups excluding carboxylic acids is 2. The van der Waals surface area contributed by atoms with Gasteiger partial charge in [-0.3, -0.25) is 4.79 Å². The van der Waals surface area contributed by atoms with Crippen molar-refractivity contribution in [1.82, 2.24) is 5.32 Å². The number of carbonyl (C=O) groups is 2. The third-order valence-corrected chi connectivity index (χ3v) is 2.10. The van der Waals surface area contributed by atoms with Crippen molar-refractivity contribution in [2.24, 2.45) is 5.73 Å². The van der Waals surface area contributed by atoms with E-state index >= 15 is 0 Å². The highest BCUT2D eigenvalue weighted by molar-refractivity contribution is 5.84. The summed E-state index contributed by atoms with van der Waals surface area (Å²) in [6.45, 7) is 0. The molecular weight excluding hydrogens is 208 g/mol. The highest BCUT2D eigenvalue weighted by Crippen LogP contribution is 2.03. The molecule has 0 saturated carbocycles. The third kappa shape index (κ3) is 3.61. The van der Waals surface area contributed by atoms with Crippen LogP contribution in [0.15, 0.2) is 30.3 Å². The van der Waals surface area contributed by atoms with Crippen molar-refractivity contribution in [3.8, 4) is 0 Å². The van der Waals surface area contributed by atoms with E-state index < -0.39 is 18.0 Å². The SMILES string of the molecule is COC(=O)N[C@@H](Cc1ccccc1)C(N)=O. The van der Waals surface area contributed by atoms with Gasteiger partial charge in [-0.2, -0.15) is 0 Å². The van der Waals surface area contributed by atoms with Crippen molar-refractivity contribution in [1.29, 1.82) is 0 Å². The molecule has 1 aromatic carbocycles. The summed E-state index contributed by atoms with van der Waals surface area (Å²) in [5.74, 6) is -0.589. The number of ether oxygens (including phenoxy) is 1. The van der Waals surface area contributed by atoms with Crippen LogP contribution < -0.4 is 11.1 Å². The summed E-state index contributed by atoms with van der Waals surface area (Å²) in [4.78, 5) is 22.1. The number of benzene rings is 1. The molecule has 5 nitrogen and oxygen atoms in total. The van der Waals surface area contributed by atoms with Crippen LogP contribution in [0.5, 0.6) is 0 Å². The van der Waals surface area contributed by atoms with Gasteiger partial charge in [0, 0.05) is 6.42 Å². The molecule has 5 heteroatoms. The van der Waals surface area contributed by atoms with Crippen LogP contribution in [0.4, 0.5) is 4.79 Å². The van der Waals surface area contributed by atoms with Gasteiger partial charge in [-0.25, -0.2) is 4.79 Å². The van der Waals surface area contributed by atoms with Crippen molar-refractivity contribution in [3.05, 3.63) is 35.9 Å². The Kier molecular flexibility index (Phi) is 4.32. The van der Waals surface area contributed by atoms with Crippen LogP contribution in [0.2, 0.25) is 0 Å². The fourth-order valence-electron chi connectivity index (χ4n) is 1.27. The number of nitrogens with one attached hydrogen (secondary N) is 1. The number of primary amides is 1. The highest BCUT2D eigenvalue weighted by atomic mass is 16.5. The molecule has 0 aliphatic rings. The molecule has 0 bridgehead atoms. The second kappa shape index (κ2) is 5.75. The molecule has 86 valence electrons. The summed E-state index contributed by atoms with van der Waals surface area (Å²) < 4.78 is 4.41. The number of hydrogen-bond donors (Lipinski definition) is 2. The standard InChI is InChI=1S/C11H14N2O3/c1-16-11(15)13-9(10(12)14)7-8-5-3-2-4-6-8/h2-6,9H,7H2,1H3,(H2,12,14)(H,13,15)/t9-/m0/s1. The Bertz CT molecular complexity index is 365. The van der Waals surface area contributed by atoms with Crippen LogP contribution >= 0.6 is 0 Å². The van der Waals surface area contributed by atoms with Gasteiger partial charge in [0.1, 0.15) is 6.04 Å². The van der Waals surface area contributed by atoms with E-state index in [4.69, 9.17) is 5.73 Å². The highest BCUT2D eigenvalue weighted by Gasteiger charge is 2.18. The number of rotatable bonds is 4. The molecule has 1 aromatic rings. The van der Waals surface area contributed by atoms with Crippen LogP contribution in [-0.2, 0) is 16.0 Å². The zero-order valence-electron chi connectivity index (χ0n) is 8.97. The number of nitrogens with two attached hydrogens (primary N) is 1. The molecule has 0 fully saturated rings. The fraction of sp³-hybridized carbons (Fsp3) is 0.273. The van der Waals surface area contributed by atoms with Gasteiger partial charge >= 0.3 is 6.09 Å². The zero-order valence-corrected chi connectivity index (χ0v) is 8.97.